The minimum Gasteiger partial charge on any atom is -0.308 e. The molecule has 0 heterocycles. The van der Waals surface area contributed by atoms with Gasteiger partial charge in [-0.3, -0.25) is 20.4 Å². The summed E-state index contributed by atoms with van der Waals surface area (Å²) in [6.07, 6.45) is 0. The maximum absolute atomic E-state index is 12.6. The van der Waals surface area contributed by atoms with E-state index < -0.39 is 34.4 Å². The zero-order chi connectivity index (χ0) is 25.4. The van der Waals surface area contributed by atoms with Crippen molar-refractivity contribution in [2.45, 2.75) is 11.8 Å². The first kappa shape index (κ1) is 25.4. The van der Waals surface area contributed by atoms with Crippen LogP contribution in [0.15, 0.2) is 83.8 Å². The first-order valence-corrected chi connectivity index (χ1v) is 11.9. The highest BCUT2D eigenvalue weighted by atomic mass is 32.2. The van der Waals surface area contributed by atoms with E-state index in [1.165, 1.54) is 43.4 Å². The minimum absolute atomic E-state index is 0.0635. The molecular weight excluding hydrogens is 470 g/mol. The quantitative estimate of drug-likeness (QED) is 0.374. The van der Waals surface area contributed by atoms with E-state index in [0.717, 1.165) is 9.87 Å². The first-order chi connectivity index (χ1) is 16.6. The average Bonchev–Trinajstić information content (AvgIpc) is 2.83. The molecule has 182 valence electrons. The second-order valence-electron chi connectivity index (χ2n) is 7.60. The van der Waals surface area contributed by atoms with E-state index in [-0.39, 0.29) is 10.5 Å². The predicted octanol–water partition coefficient (Wildman–Crippen LogP) is 2.72. The third-order valence-electron chi connectivity index (χ3n) is 4.85. The first-order valence-electron chi connectivity index (χ1n) is 10.5. The minimum atomic E-state index is -3.86. The van der Waals surface area contributed by atoms with Crippen LogP contribution in [0.3, 0.4) is 0 Å². The molecule has 3 aromatic rings. The van der Waals surface area contributed by atoms with Gasteiger partial charge in [0.1, 0.15) is 0 Å². The predicted molar refractivity (Wildman–Crippen MR) is 132 cm³/mol. The molecule has 0 saturated carbocycles. The Hall–Kier alpha value is -4.22. The number of urea groups is 1. The van der Waals surface area contributed by atoms with Crippen molar-refractivity contribution in [1.82, 2.24) is 15.2 Å². The van der Waals surface area contributed by atoms with E-state index in [1.807, 2.05) is 13.0 Å². The second kappa shape index (κ2) is 11.3. The number of hydrogen-bond donors (Lipinski definition) is 4. The molecule has 3 aromatic carbocycles. The van der Waals surface area contributed by atoms with Gasteiger partial charge in [0.2, 0.25) is 10.0 Å². The number of carbonyl (C=O) groups excluding carboxylic acids is 3. The third kappa shape index (κ3) is 7.13. The summed E-state index contributed by atoms with van der Waals surface area (Å²) in [6.45, 7) is 1.35. The van der Waals surface area contributed by atoms with E-state index in [2.05, 4.69) is 21.5 Å². The van der Waals surface area contributed by atoms with Crippen LogP contribution in [-0.2, 0) is 14.8 Å². The maximum atomic E-state index is 12.6. The molecule has 0 aliphatic carbocycles. The third-order valence-corrected chi connectivity index (χ3v) is 6.67. The van der Waals surface area contributed by atoms with E-state index in [9.17, 15) is 22.8 Å². The Morgan fingerprint density at radius 3 is 1.94 bits per heavy atom. The van der Waals surface area contributed by atoms with Gasteiger partial charge in [0.25, 0.3) is 11.8 Å². The molecule has 0 aliphatic heterocycles. The van der Waals surface area contributed by atoms with Crippen LogP contribution in [0, 0.1) is 6.92 Å². The van der Waals surface area contributed by atoms with Crippen molar-refractivity contribution in [1.29, 1.82) is 0 Å². The number of nitrogens with zero attached hydrogens (tertiary/aromatic N) is 1. The van der Waals surface area contributed by atoms with Crippen molar-refractivity contribution in [2.24, 2.45) is 0 Å². The van der Waals surface area contributed by atoms with E-state index >= 15 is 0 Å². The van der Waals surface area contributed by atoms with Gasteiger partial charge in [-0.05, 0) is 55.5 Å². The summed E-state index contributed by atoms with van der Waals surface area (Å²) in [5.74, 6) is -1.32. The molecule has 3 rings (SSSR count). The highest BCUT2D eigenvalue weighted by molar-refractivity contribution is 7.89. The summed E-state index contributed by atoms with van der Waals surface area (Å²) in [7, 11) is -2.58. The number of likely N-dealkylation sites (N-methyl/N-ethyl adjacent to an activating group) is 1. The number of sulfonamides is 1. The van der Waals surface area contributed by atoms with Crippen LogP contribution in [0.4, 0.5) is 16.2 Å². The largest absolute Gasteiger partial charge is 0.323 e. The zero-order valence-corrected chi connectivity index (χ0v) is 19.9. The Kier molecular flexibility index (Phi) is 8.18. The van der Waals surface area contributed by atoms with Crippen molar-refractivity contribution < 1.29 is 22.8 Å². The molecule has 11 heteroatoms. The fraction of sp³-hybridized carbons (Fsp3) is 0.125. The molecule has 4 amide bonds. The van der Waals surface area contributed by atoms with Gasteiger partial charge >= 0.3 is 6.03 Å². The van der Waals surface area contributed by atoms with Crippen LogP contribution >= 0.6 is 0 Å². The van der Waals surface area contributed by atoms with E-state index in [0.29, 0.717) is 11.4 Å². The zero-order valence-electron chi connectivity index (χ0n) is 19.1. The summed E-state index contributed by atoms with van der Waals surface area (Å²) in [4.78, 5) is 36.6. The fourth-order valence-corrected chi connectivity index (χ4v) is 4.06. The Balaban J connectivity index is 1.48. The molecular formula is C24H25N5O5S. The van der Waals surface area contributed by atoms with Crippen LogP contribution in [0.2, 0.25) is 0 Å². The number of nitrogens with one attached hydrogen (secondary N) is 4. The summed E-state index contributed by atoms with van der Waals surface area (Å²) in [6, 6.07) is 20.7. The van der Waals surface area contributed by atoms with Crippen molar-refractivity contribution in [3.63, 3.8) is 0 Å². The SMILES string of the molecule is Cc1ccc(S(=O)(=O)N(C)CC(=O)NNC(=O)c2ccc(NC(=O)Nc3ccccc3)cc2)cc1. The average molecular weight is 496 g/mol. The lowest BCUT2D eigenvalue weighted by Gasteiger charge is -2.17. The van der Waals surface area contributed by atoms with Crippen LogP contribution < -0.4 is 21.5 Å². The Morgan fingerprint density at radius 2 is 1.34 bits per heavy atom. The summed E-state index contributed by atoms with van der Waals surface area (Å²) in [5, 5.41) is 5.32. The number of benzene rings is 3. The Morgan fingerprint density at radius 1 is 0.771 bits per heavy atom. The lowest BCUT2D eigenvalue weighted by atomic mass is 10.2. The topological polar surface area (TPSA) is 137 Å². The summed E-state index contributed by atoms with van der Waals surface area (Å²) >= 11 is 0. The Labute approximate surface area is 203 Å². The fourth-order valence-electron chi connectivity index (χ4n) is 2.94. The second-order valence-corrected chi connectivity index (χ2v) is 9.64. The highest BCUT2D eigenvalue weighted by Crippen LogP contribution is 2.15. The van der Waals surface area contributed by atoms with Crippen molar-refractivity contribution in [2.75, 3.05) is 24.2 Å². The van der Waals surface area contributed by atoms with Gasteiger partial charge in [-0.25, -0.2) is 13.2 Å². The monoisotopic (exact) mass is 495 g/mol. The molecule has 0 unspecified atom stereocenters. The molecule has 0 saturated heterocycles. The van der Waals surface area contributed by atoms with Crippen LogP contribution in [0.5, 0.6) is 0 Å². The number of aryl methyl sites for hydroxylation is 1. The van der Waals surface area contributed by atoms with Crippen LogP contribution in [0.25, 0.3) is 0 Å². The lowest BCUT2D eigenvalue weighted by Crippen LogP contribution is -2.46. The number of amides is 4. The highest BCUT2D eigenvalue weighted by Gasteiger charge is 2.23. The smallest absolute Gasteiger partial charge is 0.308 e. The normalized spacial score (nSPS) is 10.9. The number of rotatable bonds is 7. The molecule has 0 aliphatic rings. The Bertz CT molecular complexity index is 1290. The molecule has 0 spiro atoms. The number of anilines is 2. The maximum Gasteiger partial charge on any atom is 0.323 e. The van der Waals surface area contributed by atoms with Gasteiger partial charge in [-0.15, -0.1) is 0 Å². The number of hydrogen-bond acceptors (Lipinski definition) is 5. The number of carbonyl (C=O) groups is 3. The van der Waals surface area contributed by atoms with Gasteiger partial charge in [-0.1, -0.05) is 35.9 Å². The molecule has 0 radical (unpaired) electrons. The van der Waals surface area contributed by atoms with E-state index in [1.54, 1.807) is 36.4 Å². The summed E-state index contributed by atoms with van der Waals surface area (Å²) in [5.41, 5.74) is 6.65. The lowest BCUT2D eigenvalue weighted by molar-refractivity contribution is -0.121. The van der Waals surface area contributed by atoms with Crippen molar-refractivity contribution >= 4 is 39.2 Å². The van der Waals surface area contributed by atoms with Gasteiger partial charge in [0.05, 0.1) is 11.4 Å². The standard InChI is InChI=1S/C24H25N5O5S/c1-17-8-14-21(15-9-17)35(33,34)29(2)16-22(30)27-28-23(31)18-10-12-20(13-11-18)26-24(32)25-19-6-4-3-5-7-19/h3-15H,16H2,1-2H3,(H,27,30)(H,28,31)(H2,25,26,32). The van der Waals surface area contributed by atoms with E-state index in [4.69, 9.17) is 0 Å². The van der Waals surface area contributed by atoms with Gasteiger partial charge in [0.15, 0.2) is 0 Å². The van der Waals surface area contributed by atoms with Gasteiger partial charge in [-0.2, -0.15) is 4.31 Å². The van der Waals surface area contributed by atoms with Gasteiger partial charge in [0, 0.05) is 24.0 Å². The molecule has 4 N–H and O–H groups in total. The van der Waals surface area contributed by atoms with Crippen LogP contribution in [0.1, 0.15) is 15.9 Å². The molecule has 0 aromatic heterocycles. The molecule has 10 nitrogen and oxygen atoms in total. The summed E-state index contributed by atoms with van der Waals surface area (Å²) < 4.78 is 26.0. The van der Waals surface area contributed by atoms with Crippen molar-refractivity contribution in [3.8, 4) is 0 Å². The van der Waals surface area contributed by atoms with Gasteiger partial charge < -0.3 is 10.6 Å². The number of para-hydroxylation sites is 1. The molecule has 0 bridgehead atoms. The molecule has 0 fully saturated rings. The van der Waals surface area contributed by atoms with Crippen LogP contribution in [-0.4, -0.2) is 44.2 Å². The van der Waals surface area contributed by atoms with Crippen molar-refractivity contribution in [3.05, 3.63) is 90.0 Å². The molecule has 0 atom stereocenters. The number of hydrazine groups is 1. The molecule has 35 heavy (non-hydrogen) atoms.